The predicted molar refractivity (Wildman–Crippen MR) is 73.1 cm³/mol. The number of azide groups is 1. The molecule has 0 aliphatic carbocycles. The summed E-state index contributed by atoms with van der Waals surface area (Å²) in [6, 6.07) is 11.5. The van der Waals surface area contributed by atoms with E-state index < -0.39 is 0 Å². The third-order valence-electron chi connectivity index (χ3n) is 2.98. The number of fused-ring (bicyclic) bond motifs is 1. The average molecular weight is 255 g/mol. The van der Waals surface area contributed by atoms with Crippen molar-refractivity contribution < 1.29 is 9.53 Å². The minimum absolute atomic E-state index is 0.262. The summed E-state index contributed by atoms with van der Waals surface area (Å²) >= 11 is 0. The lowest BCUT2D eigenvalue weighted by molar-refractivity contribution is -0.140. The average Bonchev–Trinajstić information content (AvgIpc) is 2.45. The van der Waals surface area contributed by atoms with Gasteiger partial charge >= 0.3 is 5.97 Å². The maximum atomic E-state index is 11.3. The van der Waals surface area contributed by atoms with E-state index in [1.807, 2.05) is 30.3 Å². The zero-order chi connectivity index (χ0) is 13.7. The normalized spacial score (nSPS) is 9.95. The minimum Gasteiger partial charge on any atom is -0.469 e. The Balaban J connectivity index is 2.49. The van der Waals surface area contributed by atoms with Crippen LogP contribution in [-0.2, 0) is 16.0 Å². The lowest BCUT2D eigenvalue weighted by Crippen LogP contribution is -2.02. The molecule has 0 N–H and O–H groups in total. The number of rotatable bonds is 4. The summed E-state index contributed by atoms with van der Waals surface area (Å²) in [5, 5.41) is 5.74. The smallest absolute Gasteiger partial charge is 0.305 e. The summed E-state index contributed by atoms with van der Waals surface area (Å²) in [6.45, 7) is 0. The number of ether oxygens (including phenoxy) is 1. The monoisotopic (exact) mass is 255 g/mol. The fourth-order valence-electron chi connectivity index (χ4n) is 2.06. The lowest BCUT2D eigenvalue weighted by atomic mass is 9.99. The van der Waals surface area contributed by atoms with Gasteiger partial charge in [-0.2, -0.15) is 0 Å². The Hall–Kier alpha value is -2.52. The SMILES string of the molecule is COC(=O)CCc1c(N=[N+]=[N-])ccc2ccccc12. The molecule has 19 heavy (non-hydrogen) atoms. The topological polar surface area (TPSA) is 75.1 Å². The molecule has 2 rings (SSSR count). The summed E-state index contributed by atoms with van der Waals surface area (Å²) in [6.07, 6.45) is 0.751. The van der Waals surface area contributed by atoms with Crippen LogP contribution in [0.2, 0.25) is 0 Å². The molecule has 2 aromatic rings. The van der Waals surface area contributed by atoms with Gasteiger partial charge in [-0.1, -0.05) is 41.5 Å². The maximum absolute atomic E-state index is 11.3. The molecule has 0 aliphatic rings. The van der Waals surface area contributed by atoms with Crippen LogP contribution in [0, 0.1) is 0 Å². The van der Waals surface area contributed by atoms with Crippen molar-refractivity contribution in [3.05, 3.63) is 52.4 Å². The summed E-state index contributed by atoms with van der Waals surface area (Å²) in [5.41, 5.74) is 10.0. The Morgan fingerprint density at radius 2 is 2.11 bits per heavy atom. The predicted octanol–water partition coefficient (Wildman–Crippen LogP) is 3.89. The van der Waals surface area contributed by atoms with Gasteiger partial charge in [0.15, 0.2) is 0 Å². The van der Waals surface area contributed by atoms with Crippen LogP contribution in [0.25, 0.3) is 21.2 Å². The van der Waals surface area contributed by atoms with E-state index in [2.05, 4.69) is 14.8 Å². The van der Waals surface area contributed by atoms with Crippen LogP contribution < -0.4 is 0 Å². The number of hydrogen-bond acceptors (Lipinski definition) is 3. The van der Waals surface area contributed by atoms with Gasteiger partial charge in [0.1, 0.15) is 0 Å². The van der Waals surface area contributed by atoms with Gasteiger partial charge in [0, 0.05) is 17.0 Å². The fraction of sp³-hybridized carbons (Fsp3) is 0.214. The second-order valence-corrected chi connectivity index (χ2v) is 4.05. The Morgan fingerprint density at radius 3 is 2.84 bits per heavy atom. The van der Waals surface area contributed by atoms with Crippen LogP contribution >= 0.6 is 0 Å². The molecule has 96 valence electrons. The maximum Gasteiger partial charge on any atom is 0.305 e. The molecule has 0 saturated carbocycles. The van der Waals surface area contributed by atoms with E-state index in [4.69, 9.17) is 5.53 Å². The van der Waals surface area contributed by atoms with Crippen LogP contribution in [0.3, 0.4) is 0 Å². The molecule has 0 radical (unpaired) electrons. The first-order chi connectivity index (χ1) is 9.26. The van der Waals surface area contributed by atoms with Crippen molar-refractivity contribution in [3.63, 3.8) is 0 Å². The van der Waals surface area contributed by atoms with E-state index >= 15 is 0 Å². The molecule has 0 unspecified atom stereocenters. The van der Waals surface area contributed by atoms with Gasteiger partial charge in [-0.15, -0.1) is 0 Å². The molecule has 0 aliphatic heterocycles. The molecule has 0 spiro atoms. The molecule has 0 saturated heterocycles. The highest BCUT2D eigenvalue weighted by molar-refractivity contribution is 5.90. The summed E-state index contributed by atoms with van der Waals surface area (Å²) in [7, 11) is 1.36. The number of hydrogen-bond donors (Lipinski definition) is 0. The van der Waals surface area contributed by atoms with E-state index in [0.29, 0.717) is 12.1 Å². The Labute approximate surface area is 110 Å². The fourth-order valence-corrected chi connectivity index (χ4v) is 2.06. The molecule has 2 aromatic carbocycles. The van der Waals surface area contributed by atoms with Gasteiger partial charge in [0.25, 0.3) is 0 Å². The molecular weight excluding hydrogens is 242 g/mol. The second kappa shape index (κ2) is 5.89. The van der Waals surface area contributed by atoms with E-state index in [1.165, 1.54) is 7.11 Å². The molecule has 0 heterocycles. The highest BCUT2D eigenvalue weighted by Gasteiger charge is 2.09. The molecular formula is C14H13N3O2. The van der Waals surface area contributed by atoms with Crippen molar-refractivity contribution in [3.8, 4) is 0 Å². The van der Waals surface area contributed by atoms with Crippen LogP contribution in [0.4, 0.5) is 5.69 Å². The summed E-state index contributed by atoms with van der Waals surface area (Å²) in [5.74, 6) is -0.278. The zero-order valence-electron chi connectivity index (χ0n) is 10.5. The van der Waals surface area contributed by atoms with Crippen molar-refractivity contribution in [1.82, 2.24) is 0 Å². The molecule has 5 nitrogen and oxygen atoms in total. The standard InChI is InChI=1S/C14H13N3O2/c1-19-14(18)9-7-12-11-5-3-2-4-10(11)6-8-13(12)16-17-15/h2-6,8H,7,9H2,1H3. The van der Waals surface area contributed by atoms with Crippen molar-refractivity contribution in [2.45, 2.75) is 12.8 Å². The first-order valence-corrected chi connectivity index (χ1v) is 5.89. The van der Waals surface area contributed by atoms with Gasteiger partial charge in [0.2, 0.25) is 0 Å². The largest absolute Gasteiger partial charge is 0.469 e. The van der Waals surface area contributed by atoms with E-state index in [-0.39, 0.29) is 12.4 Å². The first kappa shape index (κ1) is 12.9. The van der Waals surface area contributed by atoms with Gasteiger partial charge in [-0.25, -0.2) is 0 Å². The highest BCUT2D eigenvalue weighted by Crippen LogP contribution is 2.29. The van der Waals surface area contributed by atoms with Crippen molar-refractivity contribution >= 4 is 22.4 Å². The number of carbonyl (C=O) groups is 1. The van der Waals surface area contributed by atoms with E-state index in [0.717, 1.165) is 16.3 Å². The quantitative estimate of drug-likeness (QED) is 0.359. The summed E-state index contributed by atoms with van der Waals surface area (Å²) < 4.78 is 4.64. The van der Waals surface area contributed by atoms with Gasteiger partial charge in [0.05, 0.1) is 7.11 Å². The van der Waals surface area contributed by atoms with Gasteiger partial charge in [-0.05, 0) is 28.3 Å². The number of methoxy groups -OCH3 is 1. The zero-order valence-corrected chi connectivity index (χ0v) is 10.5. The number of esters is 1. The molecule has 0 bridgehead atoms. The Morgan fingerprint density at radius 1 is 1.32 bits per heavy atom. The Kier molecular flexibility index (Phi) is 4.00. The molecule has 0 atom stereocenters. The number of benzene rings is 2. The van der Waals surface area contributed by atoms with Gasteiger partial charge in [-0.3, -0.25) is 4.79 Å². The number of carbonyl (C=O) groups excluding carboxylic acids is 1. The van der Waals surface area contributed by atoms with E-state index in [9.17, 15) is 4.79 Å². The molecule has 0 aromatic heterocycles. The molecule has 5 heteroatoms. The van der Waals surface area contributed by atoms with Crippen molar-refractivity contribution in [1.29, 1.82) is 0 Å². The third-order valence-corrected chi connectivity index (χ3v) is 2.98. The number of nitrogens with zero attached hydrogens (tertiary/aromatic N) is 3. The van der Waals surface area contributed by atoms with Crippen LogP contribution in [-0.4, -0.2) is 13.1 Å². The van der Waals surface area contributed by atoms with Crippen LogP contribution in [0.15, 0.2) is 41.5 Å². The first-order valence-electron chi connectivity index (χ1n) is 5.89. The summed E-state index contributed by atoms with van der Waals surface area (Å²) in [4.78, 5) is 14.1. The second-order valence-electron chi connectivity index (χ2n) is 4.05. The van der Waals surface area contributed by atoms with Gasteiger partial charge < -0.3 is 4.74 Å². The third kappa shape index (κ3) is 2.84. The minimum atomic E-state index is -0.278. The van der Waals surface area contributed by atoms with Crippen LogP contribution in [0.1, 0.15) is 12.0 Å². The van der Waals surface area contributed by atoms with Crippen molar-refractivity contribution in [2.75, 3.05) is 7.11 Å². The van der Waals surface area contributed by atoms with E-state index in [1.54, 1.807) is 6.07 Å². The molecule has 0 amide bonds. The highest BCUT2D eigenvalue weighted by atomic mass is 16.5. The number of aryl methyl sites for hydroxylation is 1. The molecule has 0 fully saturated rings. The Bertz CT molecular complexity index is 661. The van der Waals surface area contributed by atoms with Crippen LogP contribution in [0.5, 0.6) is 0 Å². The lowest BCUT2D eigenvalue weighted by Gasteiger charge is -2.09. The van der Waals surface area contributed by atoms with Crippen molar-refractivity contribution in [2.24, 2.45) is 5.11 Å².